The molecule has 2 aromatic heterocycles. The van der Waals surface area contributed by atoms with Crippen LogP contribution in [0.2, 0.25) is 0 Å². The Morgan fingerprint density at radius 2 is 1.62 bits per heavy atom. The summed E-state index contributed by atoms with van der Waals surface area (Å²) in [5.41, 5.74) is 3.98. The van der Waals surface area contributed by atoms with Gasteiger partial charge >= 0.3 is 0 Å². The quantitative estimate of drug-likeness (QED) is 0.447. The Hall–Kier alpha value is -3.35. The number of piperazine rings is 1. The molecule has 2 N–H and O–H groups in total. The third kappa shape index (κ3) is 4.33. The molecule has 6 heteroatoms. The van der Waals surface area contributed by atoms with Crippen molar-refractivity contribution in [3.05, 3.63) is 90.5 Å². The number of quaternary nitrogens is 1. The van der Waals surface area contributed by atoms with Gasteiger partial charge in [-0.2, -0.15) is 0 Å². The van der Waals surface area contributed by atoms with E-state index in [2.05, 4.69) is 57.7 Å². The average molecular weight is 429 g/mol. The van der Waals surface area contributed by atoms with Crippen LogP contribution in [0.4, 0.5) is 10.2 Å². The highest BCUT2D eigenvalue weighted by molar-refractivity contribution is 5.64. The molecule has 32 heavy (non-hydrogen) atoms. The minimum absolute atomic E-state index is 0.249. The Morgan fingerprint density at radius 1 is 0.875 bits per heavy atom. The van der Waals surface area contributed by atoms with Gasteiger partial charge in [0.05, 0.1) is 25.3 Å². The van der Waals surface area contributed by atoms with Crippen molar-refractivity contribution in [2.45, 2.75) is 6.42 Å². The maximum absolute atomic E-state index is 13.2. The van der Waals surface area contributed by atoms with Crippen LogP contribution in [0.5, 0.6) is 0 Å². The van der Waals surface area contributed by atoms with Gasteiger partial charge in [0.15, 0.2) is 0 Å². The molecule has 0 amide bonds. The van der Waals surface area contributed by atoms with E-state index < -0.39 is 0 Å². The van der Waals surface area contributed by atoms with Gasteiger partial charge in [0.2, 0.25) is 5.82 Å². The second-order valence-corrected chi connectivity index (χ2v) is 8.35. The van der Waals surface area contributed by atoms with Crippen LogP contribution in [0, 0.1) is 5.82 Å². The highest BCUT2D eigenvalue weighted by Gasteiger charge is 2.33. The van der Waals surface area contributed by atoms with E-state index in [0.29, 0.717) is 0 Å². The van der Waals surface area contributed by atoms with Crippen molar-refractivity contribution < 1.29 is 4.39 Å². The molecule has 0 atom stereocenters. The Kier molecular flexibility index (Phi) is 5.79. The zero-order valence-corrected chi connectivity index (χ0v) is 18.0. The number of aromatic amines is 1. The van der Waals surface area contributed by atoms with Crippen molar-refractivity contribution in [1.29, 1.82) is 0 Å². The fourth-order valence-corrected chi connectivity index (χ4v) is 4.42. The number of H-pyrrole nitrogens is 1. The summed E-state index contributed by atoms with van der Waals surface area (Å²) in [4.78, 5) is 12.8. The van der Waals surface area contributed by atoms with Crippen molar-refractivity contribution in [3.8, 4) is 22.6 Å². The van der Waals surface area contributed by atoms with E-state index in [1.54, 1.807) is 12.1 Å². The molecule has 0 saturated carbocycles. The van der Waals surface area contributed by atoms with Gasteiger partial charge in [-0.1, -0.05) is 30.3 Å². The van der Waals surface area contributed by atoms with Gasteiger partial charge in [0, 0.05) is 49.1 Å². The predicted octanol–water partition coefficient (Wildman–Crippen LogP) is 4.43. The Balaban J connectivity index is 1.37. The number of aromatic nitrogens is 3. The van der Waals surface area contributed by atoms with Crippen molar-refractivity contribution >= 4 is 5.82 Å². The lowest BCUT2D eigenvalue weighted by Gasteiger charge is -2.40. The van der Waals surface area contributed by atoms with Crippen LogP contribution in [-0.4, -0.2) is 47.7 Å². The summed E-state index contributed by atoms with van der Waals surface area (Å²) in [5, 5.41) is 3.48. The van der Waals surface area contributed by atoms with Crippen LogP contribution >= 0.6 is 0 Å². The molecule has 1 aliphatic heterocycles. The number of pyridine rings is 1. The highest BCUT2D eigenvalue weighted by Crippen LogP contribution is 2.27. The normalized spacial score (nSPS) is 15.5. The van der Waals surface area contributed by atoms with Crippen molar-refractivity contribution in [3.63, 3.8) is 0 Å². The van der Waals surface area contributed by atoms with Gasteiger partial charge in [-0.25, -0.2) is 14.4 Å². The second kappa shape index (κ2) is 9.02. The molecule has 0 spiro atoms. The lowest BCUT2D eigenvalue weighted by Crippen LogP contribution is -2.61. The van der Waals surface area contributed by atoms with Crippen LogP contribution in [0.25, 0.3) is 22.6 Å². The fraction of sp³-hybridized carbons (Fsp3) is 0.231. The molecule has 5 nitrogen and oxygen atoms in total. The monoisotopic (exact) mass is 428 g/mol. The number of imidazole rings is 1. The lowest BCUT2D eigenvalue weighted by molar-refractivity contribution is 0.237. The minimum atomic E-state index is -0.249. The third-order valence-electron chi connectivity index (χ3n) is 6.33. The molecular formula is C26H27FN5+. The summed E-state index contributed by atoms with van der Waals surface area (Å²) in [7, 11) is 0. The zero-order valence-electron chi connectivity index (χ0n) is 18.0. The van der Waals surface area contributed by atoms with E-state index in [9.17, 15) is 4.39 Å². The third-order valence-corrected chi connectivity index (χ3v) is 6.33. The number of nitrogens with zero attached hydrogens (tertiary/aromatic N) is 3. The summed E-state index contributed by atoms with van der Waals surface area (Å²) in [6, 6.07) is 21.3. The second-order valence-electron chi connectivity index (χ2n) is 8.35. The molecule has 0 bridgehead atoms. The first-order valence-corrected chi connectivity index (χ1v) is 11.1. The summed E-state index contributed by atoms with van der Waals surface area (Å²) >= 11 is 0. The molecule has 1 saturated heterocycles. The predicted molar refractivity (Wildman–Crippen MR) is 127 cm³/mol. The Morgan fingerprint density at radius 3 is 2.34 bits per heavy atom. The van der Waals surface area contributed by atoms with E-state index in [1.807, 2.05) is 12.4 Å². The number of hydrogen-bond acceptors (Lipinski definition) is 3. The summed E-state index contributed by atoms with van der Waals surface area (Å²) in [6.45, 7) is 5.10. The molecule has 4 aromatic rings. The van der Waals surface area contributed by atoms with Gasteiger partial charge < -0.3 is 10.3 Å². The molecule has 5 rings (SSSR count). The topological polar surface area (TPSA) is 53.6 Å². The first kappa shape index (κ1) is 20.5. The fourth-order valence-electron chi connectivity index (χ4n) is 4.42. The number of hydrogen-bond donors (Lipinski definition) is 2. The van der Waals surface area contributed by atoms with E-state index in [4.69, 9.17) is 4.98 Å². The van der Waals surface area contributed by atoms with Crippen LogP contribution in [-0.2, 0) is 6.42 Å². The largest absolute Gasteiger partial charge is 0.344 e. The number of rotatable bonds is 6. The van der Waals surface area contributed by atoms with Crippen molar-refractivity contribution in [2.24, 2.45) is 0 Å². The van der Waals surface area contributed by atoms with Crippen LogP contribution in [0.1, 0.15) is 5.56 Å². The zero-order chi connectivity index (χ0) is 21.8. The number of halogens is 1. The Labute approximate surface area is 187 Å². The lowest BCUT2D eigenvalue weighted by atomic mass is 10.1. The number of benzene rings is 2. The first-order valence-electron chi connectivity index (χ1n) is 11.1. The summed E-state index contributed by atoms with van der Waals surface area (Å²) in [6.07, 6.45) is 4.79. The van der Waals surface area contributed by atoms with Gasteiger partial charge in [-0.05, 0) is 35.9 Å². The smallest absolute Gasteiger partial charge is 0.227 e. The maximum Gasteiger partial charge on any atom is 0.227 e. The van der Waals surface area contributed by atoms with Gasteiger partial charge in [0.1, 0.15) is 11.6 Å². The van der Waals surface area contributed by atoms with Crippen LogP contribution < -0.4 is 9.80 Å². The van der Waals surface area contributed by atoms with E-state index in [1.165, 1.54) is 17.7 Å². The van der Waals surface area contributed by atoms with Gasteiger partial charge in [0.25, 0.3) is 0 Å². The van der Waals surface area contributed by atoms with Crippen molar-refractivity contribution in [2.75, 3.05) is 32.7 Å². The standard InChI is InChI=1S/C26H27FN5/c27-23-9-6-21(7-10-23)24-19-30-26(31-24)22-8-11-25(29-18-22)32(16-13-28-14-17-32)15-12-20-4-2-1-3-5-20/h1-11,18-19,28H,12-17H2,(H,30,31)/q+1. The van der Waals surface area contributed by atoms with Gasteiger partial charge in [-0.15, -0.1) is 0 Å². The van der Waals surface area contributed by atoms with Crippen molar-refractivity contribution in [1.82, 2.24) is 24.8 Å². The van der Waals surface area contributed by atoms with E-state index in [-0.39, 0.29) is 5.82 Å². The van der Waals surface area contributed by atoms with E-state index >= 15 is 0 Å². The Bertz CT molecular complexity index is 1150. The maximum atomic E-state index is 13.2. The molecule has 0 radical (unpaired) electrons. The minimum Gasteiger partial charge on any atom is -0.344 e. The highest BCUT2D eigenvalue weighted by atomic mass is 19.1. The van der Waals surface area contributed by atoms with E-state index in [0.717, 1.165) is 72.1 Å². The summed E-state index contributed by atoms with van der Waals surface area (Å²) in [5.74, 6) is 1.62. The van der Waals surface area contributed by atoms with Crippen LogP contribution in [0.15, 0.2) is 79.1 Å². The molecule has 1 fully saturated rings. The average Bonchev–Trinajstić information content (AvgIpc) is 3.35. The van der Waals surface area contributed by atoms with Gasteiger partial charge in [-0.3, -0.25) is 4.48 Å². The van der Waals surface area contributed by atoms with Crippen LogP contribution in [0.3, 0.4) is 0 Å². The molecular weight excluding hydrogens is 401 g/mol. The molecule has 162 valence electrons. The first-order chi connectivity index (χ1) is 15.7. The molecule has 0 unspecified atom stereocenters. The molecule has 3 heterocycles. The molecule has 1 aliphatic rings. The SMILES string of the molecule is Fc1ccc(-c2c[nH]c(-c3ccc([N+]4(CCc5ccccc5)CCNCC4)nc3)n2)cc1. The summed E-state index contributed by atoms with van der Waals surface area (Å²) < 4.78 is 14.1. The molecule has 2 aromatic carbocycles. The molecule has 0 aliphatic carbocycles. The number of nitrogens with one attached hydrogen (secondary N) is 2.